The molecule has 0 fully saturated rings. The molecule has 0 saturated carbocycles. The maximum Gasteiger partial charge on any atom is 0.226 e. The molecular formula is C11H10BrFN2O. The van der Waals surface area contributed by atoms with Crippen molar-refractivity contribution < 1.29 is 8.81 Å². The molecule has 0 unspecified atom stereocenters. The van der Waals surface area contributed by atoms with Gasteiger partial charge in [-0.1, -0.05) is 0 Å². The first-order valence-corrected chi connectivity index (χ1v) is 5.54. The Balaban J connectivity index is 2.31. The van der Waals surface area contributed by atoms with E-state index in [4.69, 9.17) is 4.42 Å². The summed E-state index contributed by atoms with van der Waals surface area (Å²) in [6.45, 7) is 0.645. The highest BCUT2D eigenvalue weighted by Gasteiger charge is 2.08. The van der Waals surface area contributed by atoms with E-state index in [1.165, 1.54) is 6.07 Å². The number of nitrogens with one attached hydrogen (secondary N) is 1. The van der Waals surface area contributed by atoms with Crippen molar-refractivity contribution >= 4 is 15.9 Å². The van der Waals surface area contributed by atoms with Crippen molar-refractivity contribution in [2.45, 2.75) is 6.54 Å². The lowest BCUT2D eigenvalue weighted by Gasteiger charge is -1.97. The lowest BCUT2D eigenvalue weighted by Crippen LogP contribution is -2.04. The summed E-state index contributed by atoms with van der Waals surface area (Å²) in [4.78, 5) is 4.27. The molecule has 1 heterocycles. The molecular weight excluding hydrogens is 275 g/mol. The predicted molar refractivity (Wildman–Crippen MR) is 62.4 cm³/mol. The fraction of sp³-hybridized carbons (Fsp3) is 0.182. The van der Waals surface area contributed by atoms with Gasteiger partial charge in [0.2, 0.25) is 5.89 Å². The van der Waals surface area contributed by atoms with Crippen molar-refractivity contribution in [2.24, 2.45) is 0 Å². The average molecular weight is 285 g/mol. The Bertz CT molecular complexity index is 498. The van der Waals surface area contributed by atoms with Gasteiger partial charge in [0, 0.05) is 12.1 Å². The van der Waals surface area contributed by atoms with Gasteiger partial charge in [-0.15, -0.1) is 0 Å². The zero-order valence-corrected chi connectivity index (χ0v) is 10.2. The molecule has 0 saturated heterocycles. The summed E-state index contributed by atoms with van der Waals surface area (Å²) in [7, 11) is 1.84. The van der Waals surface area contributed by atoms with Gasteiger partial charge in [-0.05, 0) is 41.2 Å². The topological polar surface area (TPSA) is 38.1 Å². The molecule has 1 aromatic heterocycles. The maximum atomic E-state index is 13.0. The molecule has 0 spiro atoms. The van der Waals surface area contributed by atoms with E-state index in [-0.39, 0.29) is 5.82 Å². The number of aromatic nitrogens is 1. The van der Waals surface area contributed by atoms with Crippen LogP contribution in [0.1, 0.15) is 5.69 Å². The first-order valence-electron chi connectivity index (χ1n) is 4.75. The van der Waals surface area contributed by atoms with E-state index in [1.807, 2.05) is 7.05 Å². The quantitative estimate of drug-likeness (QED) is 0.942. The van der Waals surface area contributed by atoms with Crippen molar-refractivity contribution in [1.82, 2.24) is 10.3 Å². The summed E-state index contributed by atoms with van der Waals surface area (Å²) in [6, 6.07) is 4.65. The van der Waals surface area contributed by atoms with Gasteiger partial charge in [0.1, 0.15) is 12.1 Å². The Morgan fingerprint density at radius 1 is 1.50 bits per heavy atom. The summed E-state index contributed by atoms with van der Waals surface area (Å²) in [5.41, 5.74) is 1.56. The number of nitrogens with zero attached hydrogens (tertiary/aromatic N) is 1. The highest BCUT2D eigenvalue weighted by Crippen LogP contribution is 2.24. The molecule has 2 aromatic rings. The molecule has 16 heavy (non-hydrogen) atoms. The number of hydrogen-bond acceptors (Lipinski definition) is 3. The lowest BCUT2D eigenvalue weighted by molar-refractivity contribution is 0.571. The van der Waals surface area contributed by atoms with Crippen LogP contribution >= 0.6 is 15.9 Å². The van der Waals surface area contributed by atoms with E-state index >= 15 is 0 Å². The second-order valence-electron chi connectivity index (χ2n) is 3.30. The van der Waals surface area contributed by atoms with Gasteiger partial charge in [0.25, 0.3) is 0 Å². The fourth-order valence-corrected chi connectivity index (χ4v) is 1.71. The molecule has 0 amide bonds. The second-order valence-corrected chi connectivity index (χ2v) is 4.16. The van der Waals surface area contributed by atoms with E-state index in [2.05, 4.69) is 26.2 Å². The number of oxazole rings is 1. The Hall–Kier alpha value is -1.20. The van der Waals surface area contributed by atoms with Crippen molar-refractivity contribution in [2.75, 3.05) is 7.05 Å². The molecule has 5 heteroatoms. The third-order valence-corrected chi connectivity index (χ3v) is 2.68. The van der Waals surface area contributed by atoms with Gasteiger partial charge < -0.3 is 9.73 Å². The SMILES string of the molecule is CNCc1coc(-c2ccc(F)c(Br)c2)n1. The zero-order valence-electron chi connectivity index (χ0n) is 8.63. The van der Waals surface area contributed by atoms with Gasteiger partial charge in [0.15, 0.2) is 0 Å². The Labute approximate surface area is 101 Å². The number of benzene rings is 1. The molecule has 84 valence electrons. The van der Waals surface area contributed by atoms with Crippen LogP contribution in [0.2, 0.25) is 0 Å². The molecule has 1 aromatic carbocycles. The van der Waals surface area contributed by atoms with Gasteiger partial charge in [-0.2, -0.15) is 0 Å². The number of hydrogen-bond donors (Lipinski definition) is 1. The fourth-order valence-electron chi connectivity index (χ4n) is 1.33. The molecule has 0 bridgehead atoms. The third-order valence-electron chi connectivity index (χ3n) is 2.08. The smallest absolute Gasteiger partial charge is 0.226 e. The second kappa shape index (κ2) is 4.76. The monoisotopic (exact) mass is 284 g/mol. The van der Waals surface area contributed by atoms with Crippen LogP contribution in [0.3, 0.4) is 0 Å². The van der Waals surface area contributed by atoms with Gasteiger partial charge in [-0.3, -0.25) is 0 Å². The summed E-state index contributed by atoms with van der Waals surface area (Å²) >= 11 is 3.12. The minimum absolute atomic E-state index is 0.300. The van der Waals surface area contributed by atoms with Crippen LogP contribution in [0.4, 0.5) is 4.39 Å². The summed E-state index contributed by atoms with van der Waals surface area (Å²) < 4.78 is 18.7. The van der Waals surface area contributed by atoms with Crippen molar-refractivity contribution in [3.8, 4) is 11.5 Å². The Kier molecular flexibility index (Phi) is 3.36. The van der Waals surface area contributed by atoms with Gasteiger partial charge in [0.05, 0.1) is 10.2 Å². The minimum Gasteiger partial charge on any atom is -0.444 e. The van der Waals surface area contributed by atoms with Gasteiger partial charge in [-0.25, -0.2) is 9.37 Å². The molecule has 0 radical (unpaired) electrons. The number of halogens is 2. The minimum atomic E-state index is -0.300. The van der Waals surface area contributed by atoms with Gasteiger partial charge >= 0.3 is 0 Å². The molecule has 2 rings (SSSR count). The Morgan fingerprint density at radius 2 is 2.31 bits per heavy atom. The molecule has 1 N–H and O–H groups in total. The molecule has 0 aliphatic heterocycles. The van der Waals surface area contributed by atoms with Crippen LogP contribution in [0, 0.1) is 5.82 Å². The summed E-state index contributed by atoms with van der Waals surface area (Å²) in [6.07, 6.45) is 1.59. The van der Waals surface area contributed by atoms with Crippen LogP contribution in [-0.4, -0.2) is 12.0 Å². The van der Waals surface area contributed by atoms with E-state index < -0.39 is 0 Å². The van der Waals surface area contributed by atoms with E-state index in [0.29, 0.717) is 16.9 Å². The summed E-state index contributed by atoms with van der Waals surface area (Å²) in [5.74, 6) is 0.191. The summed E-state index contributed by atoms with van der Waals surface area (Å²) in [5, 5.41) is 2.98. The predicted octanol–water partition coefficient (Wildman–Crippen LogP) is 2.96. The molecule has 3 nitrogen and oxygen atoms in total. The normalized spacial score (nSPS) is 10.7. The van der Waals surface area contributed by atoms with Crippen molar-refractivity contribution in [3.63, 3.8) is 0 Å². The van der Waals surface area contributed by atoms with Crippen LogP contribution in [0.25, 0.3) is 11.5 Å². The average Bonchev–Trinajstić information content (AvgIpc) is 2.71. The van der Waals surface area contributed by atoms with E-state index in [0.717, 1.165) is 11.3 Å². The number of rotatable bonds is 3. The van der Waals surface area contributed by atoms with Crippen LogP contribution in [0.15, 0.2) is 33.4 Å². The molecule has 0 atom stereocenters. The maximum absolute atomic E-state index is 13.0. The largest absolute Gasteiger partial charge is 0.444 e. The first kappa shape index (κ1) is 11.3. The Morgan fingerprint density at radius 3 is 3.00 bits per heavy atom. The van der Waals surface area contributed by atoms with Crippen molar-refractivity contribution in [3.05, 3.63) is 40.4 Å². The van der Waals surface area contributed by atoms with Crippen LogP contribution < -0.4 is 5.32 Å². The van der Waals surface area contributed by atoms with E-state index in [1.54, 1.807) is 18.4 Å². The highest BCUT2D eigenvalue weighted by atomic mass is 79.9. The zero-order chi connectivity index (χ0) is 11.5. The highest BCUT2D eigenvalue weighted by molar-refractivity contribution is 9.10. The van der Waals surface area contributed by atoms with Crippen molar-refractivity contribution in [1.29, 1.82) is 0 Å². The first-order chi connectivity index (χ1) is 7.70. The van der Waals surface area contributed by atoms with Crippen LogP contribution in [0.5, 0.6) is 0 Å². The van der Waals surface area contributed by atoms with E-state index in [9.17, 15) is 4.39 Å². The lowest BCUT2D eigenvalue weighted by atomic mass is 10.2. The third kappa shape index (κ3) is 2.31. The molecule has 0 aliphatic rings. The standard InChI is InChI=1S/C11H10BrFN2O/c1-14-5-8-6-16-11(15-8)7-2-3-10(13)9(12)4-7/h2-4,6,14H,5H2,1H3. The molecule has 0 aliphatic carbocycles. The van der Waals surface area contributed by atoms with Crippen LogP contribution in [-0.2, 0) is 6.54 Å².